The maximum absolute atomic E-state index is 10.4. The molecule has 0 saturated heterocycles. The number of thioether (sulfide) groups is 1. The van der Waals surface area contributed by atoms with Gasteiger partial charge in [-0.2, -0.15) is 11.8 Å². The number of carboxylic acids is 1. The summed E-state index contributed by atoms with van der Waals surface area (Å²) in [6.07, 6.45) is 3.84. The van der Waals surface area contributed by atoms with Gasteiger partial charge in [0.2, 0.25) is 0 Å². The first-order chi connectivity index (χ1) is 7.20. The van der Waals surface area contributed by atoms with Crippen molar-refractivity contribution in [3.8, 4) is 0 Å². The summed E-state index contributed by atoms with van der Waals surface area (Å²) in [5.74, 6) is 1.19. The van der Waals surface area contributed by atoms with Gasteiger partial charge < -0.3 is 10.8 Å². The summed E-state index contributed by atoms with van der Waals surface area (Å²) in [4.78, 5) is 18.5. The Hall–Kier alpha value is -1.14. The highest BCUT2D eigenvalue weighted by Gasteiger charge is 2.10. The van der Waals surface area contributed by atoms with E-state index < -0.39 is 12.0 Å². The van der Waals surface area contributed by atoms with Crippen LogP contribution in [0.4, 0.5) is 0 Å². The van der Waals surface area contributed by atoms with Gasteiger partial charge in [0.1, 0.15) is 11.9 Å². The Balaban J connectivity index is 2.15. The fourth-order valence-corrected chi connectivity index (χ4v) is 1.80. The van der Waals surface area contributed by atoms with E-state index in [9.17, 15) is 4.79 Å². The second-order valence-corrected chi connectivity index (χ2v) is 4.06. The van der Waals surface area contributed by atoms with Gasteiger partial charge in [-0.15, -0.1) is 0 Å². The summed E-state index contributed by atoms with van der Waals surface area (Å²) >= 11 is 1.58. The van der Waals surface area contributed by atoms with E-state index in [0.29, 0.717) is 17.9 Å². The lowest BCUT2D eigenvalue weighted by atomic mass is 10.2. The standard InChI is InChI=1S/C9H13N3O2S/c10-7(9(13)14)2-5-15-6-8-11-3-1-4-12-8/h1,3-4,7H,2,5-6,10H2,(H,13,14). The minimum atomic E-state index is -0.952. The van der Waals surface area contributed by atoms with Crippen molar-refractivity contribution in [1.82, 2.24) is 9.97 Å². The third-order valence-electron chi connectivity index (χ3n) is 1.74. The molecular formula is C9H13N3O2S. The van der Waals surface area contributed by atoms with Gasteiger partial charge in [-0.05, 0) is 18.2 Å². The first kappa shape index (κ1) is 11.9. The fraction of sp³-hybridized carbons (Fsp3) is 0.444. The minimum Gasteiger partial charge on any atom is -0.480 e. The van der Waals surface area contributed by atoms with Gasteiger partial charge in [0, 0.05) is 12.4 Å². The van der Waals surface area contributed by atoms with Gasteiger partial charge in [0.15, 0.2) is 0 Å². The number of nitrogens with zero attached hydrogens (tertiary/aromatic N) is 2. The monoisotopic (exact) mass is 227 g/mol. The summed E-state index contributed by atoms with van der Waals surface area (Å²) < 4.78 is 0. The SMILES string of the molecule is NC(CCSCc1ncccn1)C(=O)O. The molecule has 82 valence electrons. The van der Waals surface area contributed by atoms with Crippen LogP contribution in [-0.4, -0.2) is 32.8 Å². The average Bonchev–Trinajstić information content (AvgIpc) is 2.25. The third kappa shape index (κ3) is 4.75. The van der Waals surface area contributed by atoms with Crippen molar-refractivity contribution in [2.45, 2.75) is 18.2 Å². The lowest BCUT2D eigenvalue weighted by molar-refractivity contribution is -0.138. The van der Waals surface area contributed by atoms with E-state index in [1.54, 1.807) is 30.2 Å². The van der Waals surface area contributed by atoms with Crippen molar-refractivity contribution < 1.29 is 9.90 Å². The summed E-state index contributed by atoms with van der Waals surface area (Å²) in [7, 11) is 0. The molecular weight excluding hydrogens is 214 g/mol. The first-order valence-corrected chi connectivity index (χ1v) is 5.67. The molecule has 3 N–H and O–H groups in total. The predicted octanol–water partition coefficient (Wildman–Crippen LogP) is 0.512. The molecule has 1 rings (SSSR count). The van der Waals surface area contributed by atoms with Gasteiger partial charge in [0.05, 0.1) is 5.75 Å². The highest BCUT2D eigenvalue weighted by molar-refractivity contribution is 7.98. The summed E-state index contributed by atoms with van der Waals surface area (Å²) in [6.45, 7) is 0. The Bertz CT molecular complexity index is 307. The summed E-state index contributed by atoms with van der Waals surface area (Å²) in [5.41, 5.74) is 5.35. The van der Waals surface area contributed by atoms with Gasteiger partial charge in [-0.3, -0.25) is 4.79 Å². The molecule has 6 heteroatoms. The molecule has 0 spiro atoms. The van der Waals surface area contributed by atoms with Crippen LogP contribution in [0.2, 0.25) is 0 Å². The van der Waals surface area contributed by atoms with E-state index in [0.717, 1.165) is 5.82 Å². The molecule has 1 atom stereocenters. The lowest BCUT2D eigenvalue weighted by Crippen LogP contribution is -2.30. The zero-order chi connectivity index (χ0) is 11.1. The van der Waals surface area contributed by atoms with Crippen molar-refractivity contribution >= 4 is 17.7 Å². The van der Waals surface area contributed by atoms with Crippen LogP contribution in [0, 0.1) is 0 Å². The second kappa shape index (κ2) is 6.36. The Morgan fingerprint density at radius 3 is 2.80 bits per heavy atom. The zero-order valence-corrected chi connectivity index (χ0v) is 8.98. The number of aliphatic carboxylic acids is 1. The van der Waals surface area contributed by atoms with Crippen LogP contribution in [0.5, 0.6) is 0 Å². The molecule has 0 aliphatic carbocycles. The van der Waals surface area contributed by atoms with Crippen molar-refractivity contribution in [3.05, 3.63) is 24.3 Å². The number of rotatable bonds is 6. The Morgan fingerprint density at radius 1 is 1.53 bits per heavy atom. The molecule has 0 radical (unpaired) electrons. The molecule has 0 aliphatic heterocycles. The molecule has 0 amide bonds. The van der Waals surface area contributed by atoms with Crippen LogP contribution in [-0.2, 0) is 10.5 Å². The Morgan fingerprint density at radius 2 is 2.20 bits per heavy atom. The quantitative estimate of drug-likeness (QED) is 0.688. The van der Waals surface area contributed by atoms with Crippen molar-refractivity contribution in [3.63, 3.8) is 0 Å². The number of carbonyl (C=O) groups is 1. The van der Waals surface area contributed by atoms with Crippen molar-refractivity contribution in [2.24, 2.45) is 5.73 Å². The van der Waals surface area contributed by atoms with Gasteiger partial charge in [0.25, 0.3) is 0 Å². The molecule has 0 bridgehead atoms. The largest absolute Gasteiger partial charge is 0.480 e. The first-order valence-electron chi connectivity index (χ1n) is 4.52. The summed E-state index contributed by atoms with van der Waals surface area (Å²) in [6, 6.07) is 0.989. The fourth-order valence-electron chi connectivity index (χ4n) is 0.902. The highest BCUT2D eigenvalue weighted by atomic mass is 32.2. The van der Waals surface area contributed by atoms with E-state index in [1.807, 2.05) is 0 Å². The predicted molar refractivity (Wildman–Crippen MR) is 58.4 cm³/mol. The van der Waals surface area contributed by atoms with E-state index in [2.05, 4.69) is 9.97 Å². The summed E-state index contributed by atoms with van der Waals surface area (Å²) in [5, 5.41) is 8.54. The van der Waals surface area contributed by atoms with Crippen LogP contribution < -0.4 is 5.73 Å². The molecule has 1 aromatic heterocycles. The van der Waals surface area contributed by atoms with E-state index >= 15 is 0 Å². The smallest absolute Gasteiger partial charge is 0.320 e. The molecule has 0 saturated carbocycles. The van der Waals surface area contributed by atoms with Gasteiger partial charge in [-0.25, -0.2) is 9.97 Å². The molecule has 1 aromatic rings. The van der Waals surface area contributed by atoms with E-state index in [4.69, 9.17) is 10.8 Å². The highest BCUT2D eigenvalue weighted by Crippen LogP contribution is 2.09. The lowest BCUT2D eigenvalue weighted by Gasteiger charge is -2.04. The molecule has 15 heavy (non-hydrogen) atoms. The normalized spacial score (nSPS) is 12.3. The molecule has 0 aromatic carbocycles. The molecule has 1 heterocycles. The van der Waals surface area contributed by atoms with Crippen molar-refractivity contribution in [2.75, 3.05) is 5.75 Å². The minimum absolute atomic E-state index is 0.465. The van der Waals surface area contributed by atoms with Crippen LogP contribution >= 0.6 is 11.8 Å². The van der Waals surface area contributed by atoms with Crippen LogP contribution in [0.25, 0.3) is 0 Å². The third-order valence-corrected chi connectivity index (χ3v) is 2.73. The average molecular weight is 227 g/mol. The van der Waals surface area contributed by atoms with Crippen LogP contribution in [0.3, 0.4) is 0 Å². The molecule has 1 unspecified atom stereocenters. The van der Waals surface area contributed by atoms with Crippen molar-refractivity contribution in [1.29, 1.82) is 0 Å². The number of nitrogens with two attached hydrogens (primary N) is 1. The number of aromatic nitrogens is 2. The number of carboxylic acid groups (broad SMARTS) is 1. The van der Waals surface area contributed by atoms with Gasteiger partial charge in [-0.1, -0.05) is 0 Å². The molecule has 0 fully saturated rings. The maximum atomic E-state index is 10.4. The van der Waals surface area contributed by atoms with E-state index in [1.165, 1.54) is 0 Å². The van der Waals surface area contributed by atoms with Crippen LogP contribution in [0.15, 0.2) is 18.5 Å². The zero-order valence-electron chi connectivity index (χ0n) is 8.17. The molecule has 5 nitrogen and oxygen atoms in total. The molecule has 0 aliphatic rings. The topological polar surface area (TPSA) is 89.1 Å². The second-order valence-electron chi connectivity index (χ2n) is 2.95. The van der Waals surface area contributed by atoms with Gasteiger partial charge >= 0.3 is 5.97 Å². The number of hydrogen-bond donors (Lipinski definition) is 2. The number of hydrogen-bond acceptors (Lipinski definition) is 5. The Kier molecular flexibility index (Phi) is 5.06. The van der Waals surface area contributed by atoms with E-state index in [-0.39, 0.29) is 0 Å². The maximum Gasteiger partial charge on any atom is 0.320 e. The Labute approximate surface area is 92.1 Å². The van der Waals surface area contributed by atoms with Crippen LogP contribution in [0.1, 0.15) is 12.2 Å².